The second-order valence-electron chi connectivity index (χ2n) is 5.23. The summed E-state index contributed by atoms with van der Waals surface area (Å²) in [5.74, 6) is -0.259. The van der Waals surface area contributed by atoms with Gasteiger partial charge in [-0.15, -0.1) is 0 Å². The van der Waals surface area contributed by atoms with Crippen LogP contribution in [0, 0.1) is 11.3 Å². The summed E-state index contributed by atoms with van der Waals surface area (Å²) in [6.07, 6.45) is 0. The molecule has 0 saturated heterocycles. The Hall–Kier alpha value is -3.13. The topological polar surface area (TPSA) is 73.2 Å². The summed E-state index contributed by atoms with van der Waals surface area (Å²) in [6, 6.07) is 16.0. The molecular formula is C18H17N3O2. The number of benzene rings is 2. The van der Waals surface area contributed by atoms with Crippen molar-refractivity contribution >= 4 is 17.5 Å². The van der Waals surface area contributed by atoms with Crippen molar-refractivity contribution in [3.05, 3.63) is 65.2 Å². The summed E-state index contributed by atoms with van der Waals surface area (Å²) >= 11 is 0. The second kappa shape index (κ2) is 7.23. The number of nitriles is 1. The Bertz CT molecular complexity index is 743. The Morgan fingerprint density at radius 2 is 1.70 bits per heavy atom. The third-order valence-electron chi connectivity index (χ3n) is 3.30. The molecule has 5 heteroatoms. The molecule has 0 aliphatic rings. The van der Waals surface area contributed by atoms with Crippen molar-refractivity contribution in [2.24, 2.45) is 0 Å². The fourth-order valence-corrected chi connectivity index (χ4v) is 2.15. The molecule has 2 rings (SSSR count). The highest BCUT2D eigenvalue weighted by atomic mass is 16.2. The zero-order chi connectivity index (χ0) is 16.8. The van der Waals surface area contributed by atoms with Gasteiger partial charge < -0.3 is 10.2 Å². The minimum atomic E-state index is -0.151. The molecule has 2 amide bonds. The minimum Gasteiger partial charge on any atom is -0.337 e. The molecule has 23 heavy (non-hydrogen) atoms. The Morgan fingerprint density at radius 1 is 1.09 bits per heavy atom. The molecule has 1 N–H and O–H groups in total. The Balaban J connectivity index is 2.03. The van der Waals surface area contributed by atoms with Crippen LogP contribution in [0.15, 0.2) is 48.5 Å². The van der Waals surface area contributed by atoms with Crippen molar-refractivity contribution < 1.29 is 9.59 Å². The Labute approximate surface area is 135 Å². The van der Waals surface area contributed by atoms with Crippen LogP contribution >= 0.6 is 0 Å². The smallest absolute Gasteiger partial charge is 0.253 e. The van der Waals surface area contributed by atoms with Crippen molar-refractivity contribution in [1.82, 2.24) is 4.90 Å². The van der Waals surface area contributed by atoms with Gasteiger partial charge in [0.1, 0.15) is 0 Å². The van der Waals surface area contributed by atoms with Crippen LogP contribution in [0.1, 0.15) is 28.4 Å². The maximum absolute atomic E-state index is 12.4. The predicted octanol–water partition coefficient (Wildman–Crippen LogP) is 2.79. The van der Waals surface area contributed by atoms with Crippen molar-refractivity contribution in [3.8, 4) is 6.07 Å². The number of rotatable bonds is 4. The largest absolute Gasteiger partial charge is 0.337 e. The Kier molecular flexibility index (Phi) is 5.11. The molecule has 0 radical (unpaired) electrons. The number of nitrogens with zero attached hydrogens (tertiary/aromatic N) is 2. The van der Waals surface area contributed by atoms with Gasteiger partial charge in [0, 0.05) is 31.8 Å². The van der Waals surface area contributed by atoms with Crippen molar-refractivity contribution in [2.75, 3.05) is 12.4 Å². The second-order valence-corrected chi connectivity index (χ2v) is 5.23. The van der Waals surface area contributed by atoms with Crippen LogP contribution in [0.4, 0.5) is 5.69 Å². The van der Waals surface area contributed by atoms with Crippen LogP contribution in [-0.2, 0) is 11.3 Å². The highest BCUT2D eigenvalue weighted by molar-refractivity contribution is 5.95. The van der Waals surface area contributed by atoms with E-state index in [1.54, 1.807) is 48.3 Å². The third kappa shape index (κ3) is 4.42. The number of hydrogen-bond acceptors (Lipinski definition) is 3. The molecule has 0 spiro atoms. The maximum Gasteiger partial charge on any atom is 0.253 e. The molecule has 2 aromatic rings. The van der Waals surface area contributed by atoms with E-state index in [0.29, 0.717) is 23.4 Å². The van der Waals surface area contributed by atoms with Gasteiger partial charge >= 0.3 is 0 Å². The molecule has 0 aromatic heterocycles. The van der Waals surface area contributed by atoms with Crippen LogP contribution < -0.4 is 5.32 Å². The maximum atomic E-state index is 12.4. The fourth-order valence-electron chi connectivity index (χ4n) is 2.15. The number of carbonyl (C=O) groups excluding carboxylic acids is 2. The highest BCUT2D eigenvalue weighted by Crippen LogP contribution is 2.13. The van der Waals surface area contributed by atoms with Gasteiger partial charge in [0.25, 0.3) is 5.91 Å². The third-order valence-corrected chi connectivity index (χ3v) is 3.30. The number of amides is 2. The van der Waals surface area contributed by atoms with Crippen LogP contribution in [0.2, 0.25) is 0 Å². The van der Waals surface area contributed by atoms with Crippen LogP contribution in [0.3, 0.4) is 0 Å². The molecule has 5 nitrogen and oxygen atoms in total. The summed E-state index contributed by atoms with van der Waals surface area (Å²) < 4.78 is 0. The molecule has 0 heterocycles. The molecular weight excluding hydrogens is 290 g/mol. The molecule has 0 unspecified atom stereocenters. The lowest BCUT2D eigenvalue weighted by Crippen LogP contribution is -2.26. The lowest BCUT2D eigenvalue weighted by Gasteiger charge is -2.17. The van der Waals surface area contributed by atoms with Gasteiger partial charge in [-0.3, -0.25) is 9.59 Å². The normalized spacial score (nSPS) is 9.78. The number of hydrogen-bond donors (Lipinski definition) is 1. The standard InChI is InChI=1S/C18H17N3O2/c1-13(22)20-17-9-7-16(8-10-17)18(23)21(2)12-15-5-3-14(11-19)4-6-15/h3-10H,12H2,1-2H3,(H,20,22). The summed E-state index contributed by atoms with van der Waals surface area (Å²) in [5, 5.41) is 11.4. The molecule has 116 valence electrons. The summed E-state index contributed by atoms with van der Waals surface area (Å²) in [5.41, 5.74) is 2.75. The first-order valence-electron chi connectivity index (χ1n) is 7.12. The van der Waals surface area contributed by atoms with Gasteiger partial charge in [-0.05, 0) is 42.0 Å². The lowest BCUT2D eigenvalue weighted by atomic mass is 10.1. The van der Waals surface area contributed by atoms with E-state index in [-0.39, 0.29) is 11.8 Å². The first kappa shape index (κ1) is 16.2. The molecule has 0 aliphatic heterocycles. The fraction of sp³-hybridized carbons (Fsp3) is 0.167. The first-order valence-corrected chi connectivity index (χ1v) is 7.12. The van der Waals surface area contributed by atoms with E-state index in [1.165, 1.54) is 6.92 Å². The van der Waals surface area contributed by atoms with Gasteiger partial charge in [0.15, 0.2) is 0 Å². The summed E-state index contributed by atoms with van der Waals surface area (Å²) in [7, 11) is 1.72. The predicted molar refractivity (Wildman–Crippen MR) is 87.7 cm³/mol. The number of anilines is 1. The van der Waals surface area contributed by atoms with Crippen molar-refractivity contribution in [3.63, 3.8) is 0 Å². The van der Waals surface area contributed by atoms with E-state index in [0.717, 1.165) is 5.56 Å². The SMILES string of the molecule is CC(=O)Nc1ccc(C(=O)N(C)Cc2ccc(C#N)cc2)cc1. The molecule has 0 atom stereocenters. The van der Waals surface area contributed by atoms with Gasteiger partial charge in [0.2, 0.25) is 5.91 Å². The van der Waals surface area contributed by atoms with Crippen LogP contribution in [0.5, 0.6) is 0 Å². The van der Waals surface area contributed by atoms with E-state index in [4.69, 9.17) is 5.26 Å². The highest BCUT2D eigenvalue weighted by Gasteiger charge is 2.12. The molecule has 0 bridgehead atoms. The molecule has 0 saturated carbocycles. The van der Waals surface area contributed by atoms with E-state index in [1.807, 2.05) is 12.1 Å². The summed E-state index contributed by atoms with van der Waals surface area (Å²) in [4.78, 5) is 25.0. The van der Waals surface area contributed by atoms with E-state index >= 15 is 0 Å². The van der Waals surface area contributed by atoms with Gasteiger partial charge in [-0.1, -0.05) is 12.1 Å². The monoisotopic (exact) mass is 307 g/mol. The molecule has 0 fully saturated rings. The van der Waals surface area contributed by atoms with Crippen molar-refractivity contribution in [1.29, 1.82) is 5.26 Å². The van der Waals surface area contributed by atoms with Gasteiger partial charge in [0.05, 0.1) is 11.6 Å². The minimum absolute atomic E-state index is 0.108. The number of nitrogens with one attached hydrogen (secondary N) is 1. The van der Waals surface area contributed by atoms with E-state index < -0.39 is 0 Å². The quantitative estimate of drug-likeness (QED) is 0.944. The van der Waals surface area contributed by atoms with Crippen LogP contribution in [-0.4, -0.2) is 23.8 Å². The number of carbonyl (C=O) groups is 2. The zero-order valence-electron chi connectivity index (χ0n) is 13.0. The molecule has 2 aromatic carbocycles. The zero-order valence-corrected chi connectivity index (χ0v) is 13.0. The molecule has 0 aliphatic carbocycles. The van der Waals surface area contributed by atoms with Gasteiger partial charge in [-0.25, -0.2) is 0 Å². The van der Waals surface area contributed by atoms with Crippen molar-refractivity contribution in [2.45, 2.75) is 13.5 Å². The van der Waals surface area contributed by atoms with Crippen LogP contribution in [0.25, 0.3) is 0 Å². The summed E-state index contributed by atoms with van der Waals surface area (Å²) in [6.45, 7) is 1.89. The van der Waals surface area contributed by atoms with E-state index in [9.17, 15) is 9.59 Å². The first-order chi connectivity index (χ1) is 11.0. The van der Waals surface area contributed by atoms with Gasteiger partial charge in [-0.2, -0.15) is 5.26 Å². The van der Waals surface area contributed by atoms with E-state index in [2.05, 4.69) is 11.4 Å². The lowest BCUT2D eigenvalue weighted by molar-refractivity contribution is -0.114. The average Bonchev–Trinajstić information content (AvgIpc) is 2.55. The Morgan fingerprint density at radius 3 is 2.22 bits per heavy atom. The average molecular weight is 307 g/mol.